The predicted octanol–water partition coefficient (Wildman–Crippen LogP) is 4.41. The maximum atomic E-state index is 13.6. The highest BCUT2D eigenvalue weighted by molar-refractivity contribution is 6.30. The van der Waals surface area contributed by atoms with Crippen molar-refractivity contribution in [3.05, 3.63) is 70.2 Å². The van der Waals surface area contributed by atoms with Crippen molar-refractivity contribution in [1.29, 1.82) is 0 Å². The number of amides is 1. The number of benzene rings is 2. The molecule has 0 aromatic heterocycles. The number of carbonyl (C=O) groups is 1. The van der Waals surface area contributed by atoms with Crippen LogP contribution in [0.25, 0.3) is 0 Å². The van der Waals surface area contributed by atoms with E-state index in [4.69, 9.17) is 17.3 Å². The number of likely N-dealkylation sites (N-methyl/N-ethyl adjacent to an activating group) is 1. The monoisotopic (exact) mass is 439 g/mol. The van der Waals surface area contributed by atoms with Crippen LogP contribution in [0.3, 0.4) is 0 Å². The van der Waals surface area contributed by atoms with Crippen LogP contribution >= 0.6 is 11.6 Å². The molecule has 0 bridgehead atoms. The molecule has 1 amide bonds. The highest BCUT2D eigenvalue weighted by Crippen LogP contribution is 2.43. The molecule has 0 radical (unpaired) electrons. The van der Waals surface area contributed by atoms with E-state index in [1.54, 1.807) is 0 Å². The van der Waals surface area contributed by atoms with E-state index < -0.39 is 0 Å². The summed E-state index contributed by atoms with van der Waals surface area (Å²) < 4.78 is 0. The second-order valence-corrected chi connectivity index (χ2v) is 9.53. The van der Waals surface area contributed by atoms with Crippen molar-refractivity contribution in [1.82, 2.24) is 9.80 Å². The van der Waals surface area contributed by atoms with Crippen LogP contribution in [0.2, 0.25) is 5.02 Å². The van der Waals surface area contributed by atoms with Crippen LogP contribution in [0.1, 0.15) is 48.8 Å². The molecule has 4 nitrogen and oxygen atoms in total. The number of nitrogens with two attached hydrogens (primary N) is 1. The van der Waals surface area contributed by atoms with Gasteiger partial charge in [-0.05, 0) is 67.5 Å². The molecule has 2 aromatic carbocycles. The van der Waals surface area contributed by atoms with Crippen LogP contribution in [0.4, 0.5) is 0 Å². The van der Waals surface area contributed by atoms with E-state index in [2.05, 4.69) is 54.1 Å². The second kappa shape index (κ2) is 9.32. The second-order valence-electron chi connectivity index (χ2n) is 9.10. The third kappa shape index (κ3) is 4.13. The summed E-state index contributed by atoms with van der Waals surface area (Å²) in [5.41, 5.74) is 10.2. The molecule has 4 rings (SSSR count). The molecule has 31 heavy (non-hydrogen) atoms. The Bertz CT molecular complexity index is 922. The summed E-state index contributed by atoms with van der Waals surface area (Å²) in [5, 5.41) is 0.707. The van der Waals surface area contributed by atoms with E-state index in [1.807, 2.05) is 18.2 Å². The van der Waals surface area contributed by atoms with Gasteiger partial charge in [-0.2, -0.15) is 0 Å². The number of carbonyl (C=O) groups excluding carboxylic acids is 1. The summed E-state index contributed by atoms with van der Waals surface area (Å²) in [6, 6.07) is 16.7. The van der Waals surface area contributed by atoms with Crippen molar-refractivity contribution in [3.8, 4) is 0 Å². The lowest BCUT2D eigenvalue weighted by atomic mass is 9.74. The van der Waals surface area contributed by atoms with Gasteiger partial charge in [-0.3, -0.25) is 9.69 Å². The van der Waals surface area contributed by atoms with Gasteiger partial charge in [0, 0.05) is 36.7 Å². The molecule has 0 saturated carbocycles. The van der Waals surface area contributed by atoms with Gasteiger partial charge in [0.05, 0.1) is 5.92 Å². The number of rotatable bonds is 5. The first kappa shape index (κ1) is 22.3. The van der Waals surface area contributed by atoms with Gasteiger partial charge in [-0.1, -0.05) is 54.9 Å². The molecule has 2 aliphatic rings. The van der Waals surface area contributed by atoms with Crippen molar-refractivity contribution in [2.45, 2.75) is 44.1 Å². The van der Waals surface area contributed by atoms with Crippen LogP contribution in [0.5, 0.6) is 0 Å². The first-order valence-electron chi connectivity index (χ1n) is 11.5. The number of hydrogen-bond acceptors (Lipinski definition) is 3. The lowest BCUT2D eigenvalue weighted by Gasteiger charge is -2.51. The van der Waals surface area contributed by atoms with E-state index >= 15 is 0 Å². The zero-order chi connectivity index (χ0) is 22.0. The molecule has 2 aromatic rings. The first-order valence-corrected chi connectivity index (χ1v) is 11.9. The fourth-order valence-corrected chi connectivity index (χ4v) is 6.01. The number of fused-ring (bicyclic) bond motifs is 2. The zero-order valence-corrected chi connectivity index (χ0v) is 19.4. The number of hydrogen-bond donors (Lipinski definition) is 1. The molecule has 1 saturated heterocycles. The standard InChI is InChI=1S/C26H34ClN3O/c1-3-22(20-8-6-9-21(27)17-20)23(18-28)25(31)30-15-12-26(13-16-30)24-10-5-4-7-19(24)11-14-29(26)2/h4-10,17,22-23H,3,11-16,18,28H2,1-2H3/t22-,23+/m0/s1. The fourth-order valence-electron chi connectivity index (χ4n) is 5.81. The van der Waals surface area contributed by atoms with E-state index in [9.17, 15) is 4.79 Å². The zero-order valence-electron chi connectivity index (χ0n) is 18.7. The van der Waals surface area contributed by atoms with E-state index in [1.165, 1.54) is 11.1 Å². The number of likely N-dealkylation sites (tertiary alicyclic amines) is 1. The van der Waals surface area contributed by atoms with Gasteiger partial charge < -0.3 is 10.6 Å². The Labute approximate surface area is 191 Å². The maximum absolute atomic E-state index is 13.6. The fraction of sp³-hybridized carbons (Fsp3) is 0.500. The first-order chi connectivity index (χ1) is 15.0. The van der Waals surface area contributed by atoms with Gasteiger partial charge in [0.1, 0.15) is 0 Å². The molecule has 5 heteroatoms. The third-order valence-electron chi connectivity index (χ3n) is 7.64. The average Bonchev–Trinajstić information content (AvgIpc) is 2.80. The SMILES string of the molecule is CC[C@@H](c1cccc(Cl)c1)[C@@H](CN)C(=O)N1CCC2(CC1)c1ccccc1CCN2C. The molecule has 2 N–H and O–H groups in total. The Balaban J connectivity index is 1.52. The van der Waals surface area contributed by atoms with E-state index in [0.717, 1.165) is 50.9 Å². The summed E-state index contributed by atoms with van der Waals surface area (Å²) >= 11 is 6.23. The quantitative estimate of drug-likeness (QED) is 0.750. The van der Waals surface area contributed by atoms with E-state index in [-0.39, 0.29) is 23.3 Å². The molecule has 166 valence electrons. The minimum atomic E-state index is -0.214. The number of nitrogens with zero attached hydrogens (tertiary/aromatic N) is 2. The number of halogens is 1. The summed E-state index contributed by atoms with van der Waals surface area (Å²) in [6.07, 6.45) is 3.90. The molecular weight excluding hydrogens is 406 g/mol. The van der Waals surface area contributed by atoms with Gasteiger partial charge >= 0.3 is 0 Å². The molecule has 2 aliphatic heterocycles. The lowest BCUT2D eigenvalue weighted by molar-refractivity contribution is -0.139. The summed E-state index contributed by atoms with van der Waals surface area (Å²) in [6.45, 7) is 5.11. The Morgan fingerprint density at radius 1 is 1.13 bits per heavy atom. The van der Waals surface area contributed by atoms with Crippen molar-refractivity contribution < 1.29 is 4.79 Å². The molecular formula is C26H34ClN3O. The van der Waals surface area contributed by atoms with Crippen LogP contribution < -0.4 is 5.73 Å². The van der Waals surface area contributed by atoms with Crippen molar-refractivity contribution in [2.24, 2.45) is 11.7 Å². The summed E-state index contributed by atoms with van der Waals surface area (Å²) in [5.74, 6) is 0.0648. The highest BCUT2D eigenvalue weighted by atomic mass is 35.5. The van der Waals surface area contributed by atoms with Gasteiger partial charge in [-0.25, -0.2) is 0 Å². The van der Waals surface area contributed by atoms with Crippen LogP contribution in [-0.2, 0) is 16.8 Å². The number of piperidine rings is 1. The minimum absolute atomic E-state index is 0.0426. The molecule has 2 heterocycles. The Morgan fingerprint density at radius 3 is 2.55 bits per heavy atom. The molecule has 0 aliphatic carbocycles. The third-order valence-corrected chi connectivity index (χ3v) is 7.88. The van der Waals surface area contributed by atoms with Crippen LogP contribution in [0, 0.1) is 5.92 Å². The average molecular weight is 440 g/mol. The maximum Gasteiger partial charge on any atom is 0.227 e. The Morgan fingerprint density at radius 2 is 1.87 bits per heavy atom. The van der Waals surface area contributed by atoms with Crippen molar-refractivity contribution in [2.75, 3.05) is 33.2 Å². The Kier molecular flexibility index (Phi) is 6.71. The van der Waals surface area contributed by atoms with Gasteiger partial charge in [0.2, 0.25) is 5.91 Å². The molecule has 2 atom stereocenters. The van der Waals surface area contributed by atoms with Crippen molar-refractivity contribution >= 4 is 17.5 Å². The lowest BCUT2D eigenvalue weighted by Crippen LogP contribution is -2.56. The molecule has 0 unspecified atom stereocenters. The van der Waals surface area contributed by atoms with Crippen LogP contribution in [-0.4, -0.2) is 48.9 Å². The van der Waals surface area contributed by atoms with Gasteiger partial charge in [-0.15, -0.1) is 0 Å². The summed E-state index contributed by atoms with van der Waals surface area (Å²) in [4.78, 5) is 18.2. The largest absolute Gasteiger partial charge is 0.342 e. The van der Waals surface area contributed by atoms with Gasteiger partial charge in [0.25, 0.3) is 0 Å². The van der Waals surface area contributed by atoms with Crippen LogP contribution in [0.15, 0.2) is 48.5 Å². The smallest absolute Gasteiger partial charge is 0.227 e. The summed E-state index contributed by atoms with van der Waals surface area (Å²) in [7, 11) is 2.24. The highest BCUT2D eigenvalue weighted by Gasteiger charge is 2.44. The minimum Gasteiger partial charge on any atom is -0.342 e. The molecule has 1 spiro atoms. The normalized spacial score (nSPS) is 20.3. The topological polar surface area (TPSA) is 49.6 Å². The Hall–Kier alpha value is -1.88. The van der Waals surface area contributed by atoms with E-state index in [0.29, 0.717) is 11.6 Å². The molecule has 1 fully saturated rings. The predicted molar refractivity (Wildman–Crippen MR) is 127 cm³/mol. The van der Waals surface area contributed by atoms with Crippen molar-refractivity contribution in [3.63, 3.8) is 0 Å². The van der Waals surface area contributed by atoms with Gasteiger partial charge in [0.15, 0.2) is 0 Å².